The van der Waals surface area contributed by atoms with Crippen molar-refractivity contribution in [3.8, 4) is 0 Å². The molecule has 11 heteroatoms. The fourth-order valence-corrected chi connectivity index (χ4v) is 4.84. The highest BCUT2D eigenvalue weighted by Crippen LogP contribution is 2.20. The van der Waals surface area contributed by atoms with Crippen LogP contribution in [-0.2, 0) is 18.4 Å². The monoisotopic (exact) mass is 482 g/mol. The van der Waals surface area contributed by atoms with E-state index in [1.165, 1.54) is 75.8 Å². The summed E-state index contributed by atoms with van der Waals surface area (Å²) in [5, 5.41) is 10.9. The maximum absolute atomic E-state index is 11.8. The number of carboxylic acid groups (broad SMARTS) is 1. The standard InChI is InChI=1S/C10H12N4O4S.2C6H13N/c1-3-14-6-7(11-10(14)19-4-5(15)16)13(2)9(18)12-8(6)17;2*7-6-4-2-1-3-5-6/h3-4H2,1-2H3,(H,15,16)(H,12,17,18);2*6H,1-5,7H2. The minimum absolute atomic E-state index is 0.233. The van der Waals surface area contributed by atoms with E-state index < -0.39 is 17.2 Å². The Labute approximate surface area is 198 Å². The van der Waals surface area contributed by atoms with Crippen molar-refractivity contribution in [1.29, 1.82) is 0 Å². The maximum Gasteiger partial charge on any atom is 0.329 e. The Bertz CT molecular complexity index is 987. The quantitative estimate of drug-likeness (QED) is 0.520. The number of aliphatic carboxylic acids is 1. The molecule has 0 aliphatic heterocycles. The van der Waals surface area contributed by atoms with Gasteiger partial charge in [-0.1, -0.05) is 37.4 Å². The van der Waals surface area contributed by atoms with Gasteiger partial charge in [-0.15, -0.1) is 0 Å². The minimum Gasteiger partial charge on any atom is -0.549 e. The van der Waals surface area contributed by atoms with E-state index in [0.717, 1.165) is 17.8 Å². The number of nitrogens with two attached hydrogens (primary N) is 1. The van der Waals surface area contributed by atoms with Gasteiger partial charge in [0, 0.05) is 25.4 Å². The number of nitrogens with one attached hydrogen (secondary N) is 1. The number of imidazole rings is 1. The summed E-state index contributed by atoms with van der Waals surface area (Å²) in [4.78, 5) is 40.1. The second kappa shape index (κ2) is 13.6. The maximum atomic E-state index is 11.8. The summed E-state index contributed by atoms with van der Waals surface area (Å²) in [7, 11) is 1.49. The molecule has 0 atom stereocenters. The van der Waals surface area contributed by atoms with E-state index in [9.17, 15) is 19.5 Å². The number of aromatic amines is 1. The van der Waals surface area contributed by atoms with Crippen molar-refractivity contribution in [2.75, 3.05) is 5.75 Å². The van der Waals surface area contributed by atoms with Crippen molar-refractivity contribution in [1.82, 2.24) is 19.1 Å². The van der Waals surface area contributed by atoms with Crippen LogP contribution in [0.25, 0.3) is 11.2 Å². The van der Waals surface area contributed by atoms with E-state index in [2.05, 4.69) is 15.7 Å². The molecule has 2 heterocycles. The molecular weight excluding hydrogens is 444 g/mol. The molecule has 0 bridgehead atoms. The molecule has 186 valence electrons. The molecule has 2 aromatic rings. The summed E-state index contributed by atoms with van der Waals surface area (Å²) in [6.45, 7) is 2.24. The third-order valence-corrected chi connectivity index (χ3v) is 6.93. The van der Waals surface area contributed by atoms with Crippen LogP contribution in [0.3, 0.4) is 0 Å². The van der Waals surface area contributed by atoms with Crippen LogP contribution in [0, 0.1) is 0 Å². The third-order valence-electron chi connectivity index (χ3n) is 5.98. The molecular formula is C22H38N6O4S. The number of carboxylic acids is 1. The van der Waals surface area contributed by atoms with Gasteiger partial charge in [0.25, 0.3) is 5.56 Å². The molecule has 10 nitrogen and oxygen atoms in total. The summed E-state index contributed by atoms with van der Waals surface area (Å²) < 4.78 is 2.78. The van der Waals surface area contributed by atoms with Crippen LogP contribution in [0.15, 0.2) is 14.7 Å². The van der Waals surface area contributed by atoms with E-state index in [0.29, 0.717) is 17.7 Å². The van der Waals surface area contributed by atoms with E-state index >= 15 is 0 Å². The Morgan fingerprint density at radius 2 is 1.73 bits per heavy atom. The highest BCUT2D eigenvalue weighted by molar-refractivity contribution is 7.99. The highest BCUT2D eigenvalue weighted by Gasteiger charge is 2.16. The second-order valence-electron chi connectivity index (χ2n) is 8.69. The van der Waals surface area contributed by atoms with E-state index in [1.807, 2.05) is 0 Å². The van der Waals surface area contributed by atoms with Crippen LogP contribution < -0.4 is 27.8 Å². The molecule has 0 spiro atoms. The van der Waals surface area contributed by atoms with Crippen molar-refractivity contribution < 1.29 is 15.6 Å². The Hall–Kier alpha value is -2.11. The van der Waals surface area contributed by atoms with E-state index in [-0.39, 0.29) is 16.9 Å². The van der Waals surface area contributed by atoms with E-state index in [4.69, 9.17) is 5.73 Å². The first-order valence-corrected chi connectivity index (χ1v) is 12.8. The lowest BCUT2D eigenvalue weighted by Gasteiger charge is -2.15. The number of rotatable bonds is 4. The number of aromatic nitrogens is 4. The van der Waals surface area contributed by atoms with Crippen molar-refractivity contribution >= 4 is 28.9 Å². The van der Waals surface area contributed by atoms with Crippen LogP contribution in [0.4, 0.5) is 0 Å². The number of quaternary nitrogens is 1. The van der Waals surface area contributed by atoms with Gasteiger partial charge in [0.2, 0.25) is 0 Å². The minimum atomic E-state index is -1.22. The number of nitrogens with zero attached hydrogens (tertiary/aromatic N) is 3. The number of aryl methyl sites for hydroxylation is 2. The molecule has 6 N–H and O–H groups in total. The van der Waals surface area contributed by atoms with Gasteiger partial charge in [0.05, 0.1) is 12.0 Å². The molecule has 33 heavy (non-hydrogen) atoms. The molecule has 0 radical (unpaired) electrons. The van der Waals surface area contributed by atoms with E-state index in [1.54, 1.807) is 11.5 Å². The van der Waals surface area contributed by atoms with Crippen LogP contribution in [-0.4, -0.2) is 42.9 Å². The van der Waals surface area contributed by atoms with Crippen molar-refractivity contribution in [2.45, 2.75) is 94.9 Å². The van der Waals surface area contributed by atoms with Gasteiger partial charge < -0.3 is 25.9 Å². The fraction of sp³-hybridized carbons (Fsp3) is 0.727. The summed E-state index contributed by atoms with van der Waals surface area (Å²) in [6, 6.07) is 1.32. The Kier molecular flexibility index (Phi) is 11.2. The zero-order chi connectivity index (χ0) is 24.4. The third kappa shape index (κ3) is 8.31. The SMILES string of the molecule is CCn1c(SCC(=O)[O-])nc2c1c(=O)[nH]c(=O)n2C.NC1CCCCC1.[NH3+]C1CCCCC1. The Morgan fingerprint density at radius 1 is 1.15 bits per heavy atom. The Morgan fingerprint density at radius 3 is 2.15 bits per heavy atom. The zero-order valence-corrected chi connectivity index (χ0v) is 20.6. The van der Waals surface area contributed by atoms with Gasteiger partial charge in [0.1, 0.15) is 0 Å². The average Bonchev–Trinajstić information content (AvgIpc) is 3.17. The van der Waals surface area contributed by atoms with Crippen molar-refractivity contribution in [3.63, 3.8) is 0 Å². The number of H-pyrrole nitrogens is 1. The van der Waals surface area contributed by atoms with Crippen LogP contribution >= 0.6 is 11.8 Å². The first-order valence-electron chi connectivity index (χ1n) is 11.8. The van der Waals surface area contributed by atoms with Crippen molar-refractivity contribution in [2.24, 2.45) is 12.8 Å². The number of hydrogen-bond acceptors (Lipinski definition) is 7. The predicted molar refractivity (Wildman–Crippen MR) is 128 cm³/mol. The summed E-state index contributed by atoms with van der Waals surface area (Å²) in [5.74, 6) is -1.49. The topological polar surface area (TPSA) is 166 Å². The van der Waals surface area contributed by atoms with Gasteiger partial charge in [0.15, 0.2) is 16.3 Å². The number of carbonyl (C=O) groups excluding carboxylic acids is 1. The van der Waals surface area contributed by atoms with Gasteiger partial charge >= 0.3 is 5.69 Å². The summed E-state index contributed by atoms with van der Waals surface area (Å²) in [5.41, 5.74) is 9.03. The lowest BCUT2D eigenvalue weighted by Crippen LogP contribution is -2.61. The molecule has 2 aliphatic rings. The first kappa shape index (κ1) is 27.1. The van der Waals surface area contributed by atoms with Gasteiger partial charge in [-0.25, -0.2) is 9.78 Å². The lowest BCUT2D eigenvalue weighted by molar-refractivity contribution is -0.425. The van der Waals surface area contributed by atoms with Crippen LogP contribution in [0.2, 0.25) is 0 Å². The highest BCUT2D eigenvalue weighted by atomic mass is 32.2. The molecule has 0 aromatic carbocycles. The van der Waals surface area contributed by atoms with Gasteiger partial charge in [-0.2, -0.15) is 0 Å². The fourth-order valence-electron chi connectivity index (χ4n) is 4.06. The summed E-state index contributed by atoms with van der Waals surface area (Å²) in [6.07, 6.45) is 13.7. The first-order chi connectivity index (χ1) is 15.7. The van der Waals surface area contributed by atoms with Crippen LogP contribution in [0.5, 0.6) is 0 Å². The number of thioether (sulfide) groups is 1. The molecule has 0 saturated heterocycles. The number of hydrogen-bond donors (Lipinski definition) is 3. The largest absolute Gasteiger partial charge is 0.549 e. The average molecular weight is 483 g/mol. The summed E-state index contributed by atoms with van der Waals surface area (Å²) >= 11 is 0.950. The molecule has 2 fully saturated rings. The van der Waals surface area contributed by atoms with Gasteiger partial charge in [-0.3, -0.25) is 14.3 Å². The molecule has 2 aliphatic carbocycles. The van der Waals surface area contributed by atoms with Crippen LogP contribution in [0.1, 0.15) is 71.1 Å². The predicted octanol–water partition coefficient (Wildman–Crippen LogP) is 0.124. The number of carbonyl (C=O) groups is 1. The Balaban J connectivity index is 0.000000223. The molecule has 0 amide bonds. The zero-order valence-electron chi connectivity index (χ0n) is 19.8. The van der Waals surface area contributed by atoms with Crippen molar-refractivity contribution in [3.05, 3.63) is 20.8 Å². The second-order valence-corrected chi connectivity index (χ2v) is 9.63. The number of fused-ring (bicyclic) bond motifs is 1. The smallest absolute Gasteiger partial charge is 0.329 e. The normalized spacial score (nSPS) is 17.1. The molecule has 2 saturated carbocycles. The lowest BCUT2D eigenvalue weighted by atomic mass is 9.97. The van der Waals surface area contributed by atoms with Gasteiger partial charge in [-0.05, 0) is 45.4 Å². The molecule has 2 aromatic heterocycles. The molecule has 0 unspecified atom stereocenters. The molecule has 4 rings (SSSR count).